The fourth-order valence-electron chi connectivity index (χ4n) is 3.77. The van der Waals surface area contributed by atoms with Crippen molar-refractivity contribution in [3.8, 4) is 5.75 Å². The van der Waals surface area contributed by atoms with Crippen LogP contribution < -0.4 is 10.1 Å². The summed E-state index contributed by atoms with van der Waals surface area (Å²) in [6, 6.07) is 15.0. The van der Waals surface area contributed by atoms with Crippen LogP contribution in [-0.2, 0) is 22.7 Å². The molecule has 0 spiro atoms. The Labute approximate surface area is 186 Å². The molecule has 2 heterocycles. The molecule has 8 heteroatoms. The molecule has 4 rings (SSSR count). The summed E-state index contributed by atoms with van der Waals surface area (Å²) in [5.74, 6) is 1.36. The molecule has 2 aromatic carbocycles. The number of amides is 1. The lowest BCUT2D eigenvalue weighted by atomic mass is 10.2. The zero-order valence-corrected chi connectivity index (χ0v) is 18.3. The first-order chi connectivity index (χ1) is 15.1. The molecule has 0 radical (unpaired) electrons. The number of hydrogen-bond donors (Lipinski definition) is 1. The van der Waals surface area contributed by atoms with Crippen LogP contribution in [0.2, 0.25) is 5.02 Å². The van der Waals surface area contributed by atoms with Crippen molar-refractivity contribution in [2.45, 2.75) is 26.1 Å². The zero-order chi connectivity index (χ0) is 21.6. The summed E-state index contributed by atoms with van der Waals surface area (Å²) in [7, 11) is 0. The minimum Gasteiger partial charge on any atom is -0.486 e. The van der Waals surface area contributed by atoms with Crippen molar-refractivity contribution in [3.05, 3.63) is 59.4 Å². The fraction of sp³-hybridized carbons (Fsp3) is 0.391. The predicted molar refractivity (Wildman–Crippen MR) is 120 cm³/mol. The maximum atomic E-state index is 12.8. The SMILES string of the molecule is CC(CN1CCOCC1)NC(=O)Cn1c(COc2ccc(Cl)cc2)nc2ccccc21. The second kappa shape index (κ2) is 10.1. The quantitative estimate of drug-likeness (QED) is 0.580. The summed E-state index contributed by atoms with van der Waals surface area (Å²) in [5, 5.41) is 3.77. The Morgan fingerprint density at radius 1 is 1.19 bits per heavy atom. The van der Waals surface area contributed by atoms with Gasteiger partial charge in [0.05, 0.1) is 24.2 Å². The Morgan fingerprint density at radius 2 is 1.94 bits per heavy atom. The molecule has 1 aliphatic heterocycles. The third kappa shape index (κ3) is 5.76. The van der Waals surface area contributed by atoms with Crippen molar-refractivity contribution in [2.24, 2.45) is 0 Å². The van der Waals surface area contributed by atoms with Crippen LogP contribution in [0.3, 0.4) is 0 Å². The first kappa shape index (κ1) is 21.6. The average Bonchev–Trinajstić information content (AvgIpc) is 3.11. The Kier molecular flexibility index (Phi) is 7.06. The van der Waals surface area contributed by atoms with Crippen LogP contribution in [0.5, 0.6) is 5.75 Å². The van der Waals surface area contributed by atoms with Gasteiger partial charge < -0.3 is 19.4 Å². The molecule has 0 saturated carbocycles. The minimum atomic E-state index is -0.0448. The summed E-state index contributed by atoms with van der Waals surface area (Å²) < 4.78 is 13.2. The number of fused-ring (bicyclic) bond motifs is 1. The monoisotopic (exact) mass is 442 g/mol. The van der Waals surface area contributed by atoms with Gasteiger partial charge in [-0.25, -0.2) is 4.98 Å². The second-order valence-electron chi connectivity index (χ2n) is 7.73. The Hall–Kier alpha value is -2.61. The van der Waals surface area contributed by atoms with E-state index in [4.69, 9.17) is 21.1 Å². The van der Waals surface area contributed by atoms with Gasteiger partial charge in [0.25, 0.3) is 0 Å². The number of para-hydroxylation sites is 2. The van der Waals surface area contributed by atoms with E-state index in [0.717, 1.165) is 43.9 Å². The van der Waals surface area contributed by atoms with E-state index in [1.54, 1.807) is 12.1 Å². The van der Waals surface area contributed by atoms with Crippen molar-refractivity contribution >= 4 is 28.5 Å². The molecule has 0 bridgehead atoms. The molecule has 7 nitrogen and oxygen atoms in total. The third-order valence-corrected chi connectivity index (χ3v) is 5.51. The van der Waals surface area contributed by atoms with Gasteiger partial charge in [-0.3, -0.25) is 9.69 Å². The van der Waals surface area contributed by atoms with E-state index in [9.17, 15) is 4.79 Å². The van der Waals surface area contributed by atoms with Gasteiger partial charge in [-0.1, -0.05) is 23.7 Å². The fourth-order valence-corrected chi connectivity index (χ4v) is 3.90. The van der Waals surface area contributed by atoms with E-state index >= 15 is 0 Å². The molecule has 1 amide bonds. The highest BCUT2D eigenvalue weighted by molar-refractivity contribution is 6.30. The first-order valence-corrected chi connectivity index (χ1v) is 10.9. The third-order valence-electron chi connectivity index (χ3n) is 5.26. The summed E-state index contributed by atoms with van der Waals surface area (Å²) in [6.45, 7) is 6.59. The molecule has 164 valence electrons. The van der Waals surface area contributed by atoms with Crippen LogP contribution in [0, 0.1) is 0 Å². The largest absolute Gasteiger partial charge is 0.486 e. The van der Waals surface area contributed by atoms with Gasteiger partial charge in [0, 0.05) is 30.7 Å². The number of ether oxygens (including phenoxy) is 2. The van der Waals surface area contributed by atoms with Gasteiger partial charge in [-0.05, 0) is 43.3 Å². The number of aromatic nitrogens is 2. The van der Waals surface area contributed by atoms with E-state index in [1.165, 1.54) is 0 Å². The number of morpholine rings is 1. The highest BCUT2D eigenvalue weighted by atomic mass is 35.5. The van der Waals surface area contributed by atoms with Crippen LogP contribution >= 0.6 is 11.6 Å². The van der Waals surface area contributed by atoms with Gasteiger partial charge in [-0.15, -0.1) is 0 Å². The van der Waals surface area contributed by atoms with Crippen LogP contribution in [-0.4, -0.2) is 59.2 Å². The molecule has 1 unspecified atom stereocenters. The molecule has 1 N–H and O–H groups in total. The van der Waals surface area contributed by atoms with Crippen molar-refractivity contribution in [1.82, 2.24) is 19.8 Å². The molecule has 1 aliphatic rings. The summed E-state index contributed by atoms with van der Waals surface area (Å²) in [6.07, 6.45) is 0. The molecule has 1 fully saturated rings. The molecule has 0 aliphatic carbocycles. The Balaban J connectivity index is 1.43. The number of imidazole rings is 1. The summed E-state index contributed by atoms with van der Waals surface area (Å²) in [5.41, 5.74) is 1.75. The van der Waals surface area contributed by atoms with Gasteiger partial charge in [0.2, 0.25) is 5.91 Å². The number of benzene rings is 2. The van der Waals surface area contributed by atoms with E-state index in [-0.39, 0.29) is 25.1 Å². The number of halogens is 1. The number of carbonyl (C=O) groups is 1. The number of carbonyl (C=O) groups excluding carboxylic acids is 1. The lowest BCUT2D eigenvalue weighted by Gasteiger charge is -2.29. The van der Waals surface area contributed by atoms with Crippen molar-refractivity contribution in [3.63, 3.8) is 0 Å². The molecule has 31 heavy (non-hydrogen) atoms. The number of rotatable bonds is 8. The lowest BCUT2D eigenvalue weighted by molar-refractivity contribution is -0.122. The van der Waals surface area contributed by atoms with Gasteiger partial charge in [-0.2, -0.15) is 0 Å². The van der Waals surface area contributed by atoms with E-state index in [1.807, 2.05) is 47.9 Å². The van der Waals surface area contributed by atoms with Crippen molar-refractivity contribution in [2.75, 3.05) is 32.8 Å². The highest BCUT2D eigenvalue weighted by Crippen LogP contribution is 2.20. The first-order valence-electron chi connectivity index (χ1n) is 10.5. The molecule has 3 aromatic rings. The van der Waals surface area contributed by atoms with Gasteiger partial charge in [0.1, 0.15) is 24.7 Å². The van der Waals surface area contributed by atoms with Crippen molar-refractivity contribution in [1.29, 1.82) is 0 Å². The van der Waals surface area contributed by atoms with Crippen LogP contribution in [0.1, 0.15) is 12.7 Å². The predicted octanol–water partition coefficient (Wildman–Crippen LogP) is 3.11. The standard InChI is InChI=1S/C23H27ClN4O3/c1-17(14-27-10-12-30-13-11-27)25-23(29)15-28-21-5-3-2-4-20(21)26-22(28)16-31-19-8-6-18(24)7-9-19/h2-9,17H,10-16H2,1H3,(H,25,29). The maximum Gasteiger partial charge on any atom is 0.240 e. The van der Waals surface area contributed by atoms with Gasteiger partial charge >= 0.3 is 0 Å². The van der Waals surface area contributed by atoms with E-state index in [0.29, 0.717) is 16.6 Å². The minimum absolute atomic E-state index is 0.0448. The summed E-state index contributed by atoms with van der Waals surface area (Å²) >= 11 is 5.94. The van der Waals surface area contributed by atoms with Crippen molar-refractivity contribution < 1.29 is 14.3 Å². The topological polar surface area (TPSA) is 68.6 Å². The van der Waals surface area contributed by atoms with E-state index in [2.05, 4.69) is 15.2 Å². The normalized spacial score (nSPS) is 15.7. The Bertz CT molecular complexity index is 1020. The zero-order valence-electron chi connectivity index (χ0n) is 17.6. The molecule has 1 aromatic heterocycles. The number of nitrogens with one attached hydrogen (secondary N) is 1. The lowest BCUT2D eigenvalue weighted by Crippen LogP contribution is -2.46. The summed E-state index contributed by atoms with van der Waals surface area (Å²) in [4.78, 5) is 19.8. The molecular formula is C23H27ClN4O3. The maximum absolute atomic E-state index is 12.8. The highest BCUT2D eigenvalue weighted by Gasteiger charge is 2.18. The smallest absolute Gasteiger partial charge is 0.240 e. The van der Waals surface area contributed by atoms with E-state index < -0.39 is 0 Å². The average molecular weight is 443 g/mol. The number of hydrogen-bond acceptors (Lipinski definition) is 5. The van der Waals surface area contributed by atoms with Crippen LogP contribution in [0.15, 0.2) is 48.5 Å². The number of nitrogens with zero attached hydrogens (tertiary/aromatic N) is 3. The van der Waals surface area contributed by atoms with Gasteiger partial charge in [0.15, 0.2) is 0 Å². The molecule has 1 atom stereocenters. The van der Waals surface area contributed by atoms with Crippen LogP contribution in [0.25, 0.3) is 11.0 Å². The molecular weight excluding hydrogens is 416 g/mol. The Morgan fingerprint density at radius 3 is 2.71 bits per heavy atom. The molecule has 1 saturated heterocycles. The second-order valence-corrected chi connectivity index (χ2v) is 8.16. The van der Waals surface area contributed by atoms with Crippen LogP contribution in [0.4, 0.5) is 0 Å².